The number of rotatable bonds is 4. The van der Waals surface area contributed by atoms with Crippen LogP contribution in [0.15, 0.2) is 47.8 Å². The van der Waals surface area contributed by atoms with Crippen LogP contribution in [-0.4, -0.2) is 51.4 Å². The molecule has 0 amide bonds. The van der Waals surface area contributed by atoms with Gasteiger partial charge < -0.3 is 9.88 Å². The van der Waals surface area contributed by atoms with E-state index in [2.05, 4.69) is 19.3 Å². The molecule has 0 bridgehead atoms. The van der Waals surface area contributed by atoms with E-state index in [1.54, 1.807) is 24.5 Å². The van der Waals surface area contributed by atoms with Crippen LogP contribution in [0.25, 0.3) is 11.0 Å². The molecule has 142 valence electrons. The SMILES string of the molecule is CN(C)c1ncnc2[nH]ccc12.O=[N+]([O-])c1ccccc1SN1CCCC1. The van der Waals surface area contributed by atoms with E-state index in [0.717, 1.165) is 34.8 Å². The van der Waals surface area contributed by atoms with E-state index in [1.807, 2.05) is 37.3 Å². The zero-order chi connectivity index (χ0) is 19.2. The molecule has 1 aliphatic heterocycles. The minimum atomic E-state index is -0.321. The minimum Gasteiger partial charge on any atom is -0.362 e. The molecule has 3 aromatic rings. The highest BCUT2D eigenvalue weighted by molar-refractivity contribution is 7.97. The Morgan fingerprint density at radius 1 is 1.19 bits per heavy atom. The van der Waals surface area contributed by atoms with Crippen molar-refractivity contribution in [2.75, 3.05) is 32.1 Å². The standard InChI is InChI=1S/C10H12N2O2S.C8H10N4/c13-12(14)9-5-1-2-6-10(9)15-11-7-3-4-8-11;1-12(2)8-6-3-4-9-7(6)10-5-11-8/h1-2,5-6H,3-4,7-8H2;3-5H,1-2H3,(H,9,10,11). The zero-order valence-electron chi connectivity index (χ0n) is 15.3. The van der Waals surface area contributed by atoms with Gasteiger partial charge in [-0.3, -0.25) is 10.1 Å². The number of hydrogen-bond acceptors (Lipinski definition) is 7. The summed E-state index contributed by atoms with van der Waals surface area (Å²) in [5.41, 5.74) is 1.09. The Labute approximate surface area is 161 Å². The molecular formula is C18H22N6O2S. The van der Waals surface area contributed by atoms with Crippen LogP contribution in [0.5, 0.6) is 0 Å². The topological polar surface area (TPSA) is 91.2 Å². The molecular weight excluding hydrogens is 364 g/mol. The Bertz CT molecular complexity index is 908. The van der Waals surface area contributed by atoms with E-state index in [9.17, 15) is 10.1 Å². The number of para-hydroxylation sites is 1. The Balaban J connectivity index is 0.000000159. The van der Waals surface area contributed by atoms with Crippen molar-refractivity contribution in [1.82, 2.24) is 19.3 Å². The summed E-state index contributed by atoms with van der Waals surface area (Å²) in [7, 11) is 3.93. The molecule has 1 saturated heterocycles. The van der Waals surface area contributed by atoms with Gasteiger partial charge in [0.15, 0.2) is 0 Å². The Morgan fingerprint density at radius 2 is 1.93 bits per heavy atom. The van der Waals surface area contributed by atoms with Crippen LogP contribution in [-0.2, 0) is 0 Å². The van der Waals surface area contributed by atoms with Gasteiger partial charge in [-0.15, -0.1) is 0 Å². The number of H-pyrrole nitrogens is 1. The van der Waals surface area contributed by atoms with Crippen LogP contribution in [0, 0.1) is 10.1 Å². The molecule has 3 heterocycles. The molecule has 0 spiro atoms. The van der Waals surface area contributed by atoms with Crippen LogP contribution < -0.4 is 4.90 Å². The predicted octanol–water partition coefficient (Wildman–Crippen LogP) is 3.72. The lowest BCUT2D eigenvalue weighted by atomic mass is 10.3. The summed E-state index contributed by atoms with van der Waals surface area (Å²) < 4.78 is 2.18. The number of nitro benzene ring substituents is 1. The van der Waals surface area contributed by atoms with Gasteiger partial charge in [-0.05, 0) is 36.9 Å². The van der Waals surface area contributed by atoms with Crippen molar-refractivity contribution in [2.45, 2.75) is 17.7 Å². The molecule has 27 heavy (non-hydrogen) atoms. The molecule has 1 aromatic carbocycles. The first-order valence-corrected chi connectivity index (χ1v) is 9.45. The number of anilines is 1. The van der Waals surface area contributed by atoms with Crippen molar-refractivity contribution in [3.8, 4) is 0 Å². The fourth-order valence-electron chi connectivity index (χ4n) is 2.82. The summed E-state index contributed by atoms with van der Waals surface area (Å²) in [5, 5.41) is 11.8. The molecule has 9 heteroatoms. The second-order valence-electron chi connectivity index (χ2n) is 6.28. The molecule has 0 unspecified atom stereocenters. The van der Waals surface area contributed by atoms with Crippen molar-refractivity contribution in [1.29, 1.82) is 0 Å². The number of nitro groups is 1. The van der Waals surface area contributed by atoms with Gasteiger partial charge >= 0.3 is 0 Å². The van der Waals surface area contributed by atoms with E-state index in [1.165, 1.54) is 24.8 Å². The summed E-state index contributed by atoms with van der Waals surface area (Å²) in [6.45, 7) is 2.05. The minimum absolute atomic E-state index is 0.203. The fraction of sp³-hybridized carbons (Fsp3) is 0.333. The predicted molar refractivity (Wildman–Crippen MR) is 108 cm³/mol. The van der Waals surface area contributed by atoms with Crippen molar-refractivity contribution < 1.29 is 4.92 Å². The summed E-state index contributed by atoms with van der Waals surface area (Å²) in [5.74, 6) is 0.946. The first kappa shape index (κ1) is 19.1. The smallest absolute Gasteiger partial charge is 0.284 e. The van der Waals surface area contributed by atoms with Gasteiger partial charge in [-0.2, -0.15) is 0 Å². The second kappa shape index (κ2) is 8.83. The number of nitrogens with zero attached hydrogens (tertiary/aromatic N) is 5. The summed E-state index contributed by atoms with van der Waals surface area (Å²) in [4.78, 5) is 24.5. The van der Waals surface area contributed by atoms with E-state index in [-0.39, 0.29) is 10.6 Å². The van der Waals surface area contributed by atoms with Gasteiger partial charge in [0.2, 0.25) is 0 Å². The lowest BCUT2D eigenvalue weighted by molar-refractivity contribution is -0.387. The molecule has 0 aliphatic carbocycles. The highest BCUT2D eigenvalue weighted by atomic mass is 32.2. The lowest BCUT2D eigenvalue weighted by Gasteiger charge is -2.12. The number of aromatic nitrogens is 3. The first-order chi connectivity index (χ1) is 13.1. The number of benzene rings is 1. The molecule has 8 nitrogen and oxygen atoms in total. The van der Waals surface area contributed by atoms with Gasteiger partial charge in [-0.25, -0.2) is 14.3 Å². The van der Waals surface area contributed by atoms with Crippen molar-refractivity contribution >= 4 is 34.5 Å². The Hall–Kier alpha value is -2.65. The van der Waals surface area contributed by atoms with E-state index in [4.69, 9.17) is 0 Å². The molecule has 2 aromatic heterocycles. The van der Waals surface area contributed by atoms with Crippen LogP contribution in [0.4, 0.5) is 11.5 Å². The van der Waals surface area contributed by atoms with Gasteiger partial charge in [0.05, 0.1) is 10.3 Å². The molecule has 1 fully saturated rings. The largest absolute Gasteiger partial charge is 0.362 e. The zero-order valence-corrected chi connectivity index (χ0v) is 16.1. The van der Waals surface area contributed by atoms with Crippen LogP contribution in [0.2, 0.25) is 0 Å². The molecule has 0 atom stereocenters. The third-order valence-corrected chi connectivity index (χ3v) is 5.28. The average molecular weight is 386 g/mol. The Kier molecular flexibility index (Phi) is 6.25. The number of hydrogen-bond donors (Lipinski definition) is 1. The highest BCUT2D eigenvalue weighted by Crippen LogP contribution is 2.33. The van der Waals surface area contributed by atoms with Crippen LogP contribution in [0.1, 0.15) is 12.8 Å². The van der Waals surface area contributed by atoms with Gasteiger partial charge in [0.1, 0.15) is 22.7 Å². The van der Waals surface area contributed by atoms with Gasteiger partial charge in [0, 0.05) is 39.4 Å². The van der Waals surface area contributed by atoms with Gasteiger partial charge in [-0.1, -0.05) is 12.1 Å². The highest BCUT2D eigenvalue weighted by Gasteiger charge is 2.18. The van der Waals surface area contributed by atoms with Crippen LogP contribution in [0.3, 0.4) is 0 Å². The van der Waals surface area contributed by atoms with E-state index in [0.29, 0.717) is 0 Å². The van der Waals surface area contributed by atoms with Crippen molar-refractivity contribution in [3.63, 3.8) is 0 Å². The first-order valence-electron chi connectivity index (χ1n) is 8.68. The number of aromatic amines is 1. The number of nitrogens with one attached hydrogen (secondary N) is 1. The number of fused-ring (bicyclic) bond motifs is 1. The lowest BCUT2D eigenvalue weighted by Crippen LogP contribution is -2.10. The molecule has 0 saturated carbocycles. The monoisotopic (exact) mass is 386 g/mol. The normalized spacial score (nSPS) is 14.0. The quantitative estimate of drug-likeness (QED) is 0.415. The average Bonchev–Trinajstić information content (AvgIpc) is 3.33. The summed E-state index contributed by atoms with van der Waals surface area (Å²) in [6, 6.07) is 8.88. The van der Waals surface area contributed by atoms with Gasteiger partial charge in [0.25, 0.3) is 5.69 Å². The maximum Gasteiger partial charge on any atom is 0.284 e. The molecule has 4 rings (SSSR count). The second-order valence-corrected chi connectivity index (χ2v) is 7.42. The summed E-state index contributed by atoms with van der Waals surface area (Å²) in [6.07, 6.45) is 5.81. The fourth-order valence-corrected chi connectivity index (χ4v) is 3.91. The van der Waals surface area contributed by atoms with Crippen molar-refractivity contribution in [2.24, 2.45) is 0 Å². The third kappa shape index (κ3) is 4.75. The Morgan fingerprint density at radius 3 is 2.63 bits per heavy atom. The molecule has 1 N–H and O–H groups in total. The third-order valence-electron chi connectivity index (χ3n) is 4.11. The van der Waals surface area contributed by atoms with E-state index >= 15 is 0 Å². The van der Waals surface area contributed by atoms with Crippen LogP contribution >= 0.6 is 11.9 Å². The van der Waals surface area contributed by atoms with E-state index < -0.39 is 0 Å². The maximum absolute atomic E-state index is 10.8. The summed E-state index contributed by atoms with van der Waals surface area (Å²) >= 11 is 1.50. The molecule has 1 aliphatic rings. The maximum atomic E-state index is 10.8. The van der Waals surface area contributed by atoms with Crippen molar-refractivity contribution in [3.05, 3.63) is 53.0 Å². The molecule has 0 radical (unpaired) electrons.